The summed E-state index contributed by atoms with van der Waals surface area (Å²) in [5, 5.41) is 3.03. The van der Waals surface area contributed by atoms with E-state index >= 15 is 0 Å². The van der Waals surface area contributed by atoms with Crippen LogP contribution in [0.2, 0.25) is 0 Å². The number of hydrogen-bond donors (Lipinski definition) is 1. The van der Waals surface area contributed by atoms with Gasteiger partial charge in [-0.25, -0.2) is 0 Å². The van der Waals surface area contributed by atoms with E-state index in [-0.39, 0.29) is 12.0 Å². The van der Waals surface area contributed by atoms with Crippen molar-refractivity contribution in [2.45, 2.75) is 49.5 Å². The molecule has 0 aromatic carbocycles. The summed E-state index contributed by atoms with van der Waals surface area (Å²) < 4.78 is 5.35. The molecule has 1 unspecified atom stereocenters. The number of halogens is 1. The third-order valence-corrected chi connectivity index (χ3v) is 4.48. The van der Waals surface area contributed by atoms with Gasteiger partial charge in [0, 0.05) is 18.0 Å². The van der Waals surface area contributed by atoms with Crippen LogP contribution >= 0.6 is 15.9 Å². The molecule has 2 fully saturated rings. The van der Waals surface area contributed by atoms with E-state index in [4.69, 9.17) is 4.74 Å². The summed E-state index contributed by atoms with van der Waals surface area (Å²) in [4.78, 5) is 12.4. The average molecular weight is 290 g/mol. The van der Waals surface area contributed by atoms with Crippen molar-refractivity contribution in [1.29, 1.82) is 0 Å². The van der Waals surface area contributed by atoms with E-state index in [1.54, 1.807) is 0 Å². The Bertz CT molecular complexity index is 233. The van der Waals surface area contributed by atoms with Gasteiger partial charge in [0.15, 0.2) is 0 Å². The summed E-state index contributed by atoms with van der Waals surface area (Å²) in [6.07, 6.45) is 6.66. The van der Waals surface area contributed by atoms with E-state index in [1.807, 2.05) is 0 Å². The zero-order chi connectivity index (χ0) is 11.4. The standard InChI is InChI=1S/C12H20BrNO2/c13-10-5-3-9(4-6-10)8-14-12(15)11-2-1-7-16-11/h9-11H,1-8H2,(H,14,15). The summed E-state index contributed by atoms with van der Waals surface area (Å²) in [5.41, 5.74) is 0. The highest BCUT2D eigenvalue weighted by Crippen LogP contribution is 2.28. The molecule has 1 N–H and O–H groups in total. The number of alkyl halides is 1. The Labute approximate surface area is 105 Å². The van der Waals surface area contributed by atoms with Crippen LogP contribution in [0.1, 0.15) is 38.5 Å². The highest BCUT2D eigenvalue weighted by molar-refractivity contribution is 9.09. The Morgan fingerprint density at radius 1 is 1.25 bits per heavy atom. The van der Waals surface area contributed by atoms with E-state index in [2.05, 4.69) is 21.2 Å². The van der Waals surface area contributed by atoms with Crippen molar-refractivity contribution in [3.8, 4) is 0 Å². The molecule has 1 aliphatic carbocycles. The quantitative estimate of drug-likeness (QED) is 0.810. The van der Waals surface area contributed by atoms with Gasteiger partial charge in [-0.15, -0.1) is 0 Å². The molecular formula is C12H20BrNO2. The number of carbonyl (C=O) groups is 1. The average Bonchev–Trinajstić information content (AvgIpc) is 2.81. The smallest absolute Gasteiger partial charge is 0.249 e. The first kappa shape index (κ1) is 12.4. The minimum atomic E-state index is -0.174. The highest BCUT2D eigenvalue weighted by atomic mass is 79.9. The third-order valence-electron chi connectivity index (χ3n) is 3.56. The molecule has 16 heavy (non-hydrogen) atoms. The van der Waals surface area contributed by atoms with E-state index < -0.39 is 0 Å². The fraction of sp³-hybridized carbons (Fsp3) is 0.917. The van der Waals surface area contributed by atoms with E-state index in [0.29, 0.717) is 10.7 Å². The Hall–Kier alpha value is -0.0900. The monoisotopic (exact) mass is 289 g/mol. The van der Waals surface area contributed by atoms with Gasteiger partial charge in [-0.05, 0) is 44.4 Å². The summed E-state index contributed by atoms with van der Waals surface area (Å²) >= 11 is 3.64. The van der Waals surface area contributed by atoms with Crippen LogP contribution in [0.15, 0.2) is 0 Å². The van der Waals surface area contributed by atoms with Gasteiger partial charge in [0.25, 0.3) is 0 Å². The molecule has 0 radical (unpaired) electrons. The van der Waals surface area contributed by atoms with Gasteiger partial charge in [0.1, 0.15) is 6.10 Å². The van der Waals surface area contributed by atoms with E-state index in [1.165, 1.54) is 25.7 Å². The molecule has 1 aliphatic heterocycles. The van der Waals surface area contributed by atoms with Crippen LogP contribution in [0.25, 0.3) is 0 Å². The van der Waals surface area contributed by atoms with E-state index in [0.717, 1.165) is 26.0 Å². The summed E-state index contributed by atoms with van der Waals surface area (Å²) in [6, 6.07) is 0. The zero-order valence-corrected chi connectivity index (χ0v) is 11.2. The molecule has 1 atom stereocenters. The Kier molecular flexibility index (Phi) is 4.65. The number of carbonyl (C=O) groups excluding carboxylic acids is 1. The molecule has 1 saturated carbocycles. The Morgan fingerprint density at radius 3 is 2.62 bits per heavy atom. The van der Waals surface area contributed by atoms with Crippen LogP contribution < -0.4 is 5.32 Å². The fourth-order valence-corrected chi connectivity index (χ4v) is 3.00. The molecule has 0 aromatic heterocycles. The number of nitrogens with one attached hydrogen (secondary N) is 1. The Morgan fingerprint density at radius 2 is 2.00 bits per heavy atom. The van der Waals surface area contributed by atoms with Crippen molar-refractivity contribution in [3.05, 3.63) is 0 Å². The van der Waals surface area contributed by atoms with Crippen LogP contribution in [0.5, 0.6) is 0 Å². The molecule has 0 aromatic rings. The second kappa shape index (κ2) is 6.01. The molecule has 1 saturated heterocycles. The van der Waals surface area contributed by atoms with Gasteiger partial charge >= 0.3 is 0 Å². The lowest BCUT2D eigenvalue weighted by molar-refractivity contribution is -0.130. The largest absolute Gasteiger partial charge is 0.368 e. The van der Waals surface area contributed by atoms with Gasteiger partial charge in [0.05, 0.1) is 0 Å². The molecule has 3 nitrogen and oxygen atoms in total. The molecular weight excluding hydrogens is 270 g/mol. The first-order valence-corrected chi connectivity index (χ1v) is 7.20. The van der Waals surface area contributed by atoms with Crippen molar-refractivity contribution in [2.24, 2.45) is 5.92 Å². The Balaban J connectivity index is 1.65. The fourth-order valence-electron chi connectivity index (χ4n) is 2.47. The minimum Gasteiger partial charge on any atom is -0.368 e. The number of ether oxygens (including phenoxy) is 1. The second-order valence-electron chi connectivity index (χ2n) is 4.86. The predicted octanol–water partition coefficient (Wildman–Crippen LogP) is 2.24. The summed E-state index contributed by atoms with van der Waals surface area (Å²) in [7, 11) is 0. The van der Waals surface area contributed by atoms with Gasteiger partial charge in [-0.3, -0.25) is 4.79 Å². The molecule has 1 heterocycles. The molecule has 4 heteroatoms. The molecule has 0 bridgehead atoms. The van der Waals surface area contributed by atoms with Crippen molar-refractivity contribution in [1.82, 2.24) is 5.32 Å². The zero-order valence-electron chi connectivity index (χ0n) is 9.58. The topological polar surface area (TPSA) is 38.3 Å². The van der Waals surface area contributed by atoms with Gasteiger partial charge in [-0.1, -0.05) is 15.9 Å². The SMILES string of the molecule is O=C(NCC1CCC(Br)CC1)C1CCCO1. The van der Waals surface area contributed by atoms with Crippen LogP contribution in [0.4, 0.5) is 0 Å². The minimum absolute atomic E-state index is 0.0958. The molecule has 92 valence electrons. The van der Waals surface area contributed by atoms with Gasteiger partial charge in [-0.2, -0.15) is 0 Å². The molecule has 1 amide bonds. The normalized spacial score (nSPS) is 34.9. The van der Waals surface area contributed by atoms with Crippen molar-refractivity contribution < 1.29 is 9.53 Å². The van der Waals surface area contributed by atoms with E-state index in [9.17, 15) is 4.79 Å². The lowest BCUT2D eigenvalue weighted by atomic mass is 9.89. The third kappa shape index (κ3) is 3.45. The van der Waals surface area contributed by atoms with Crippen LogP contribution in [0, 0.1) is 5.92 Å². The second-order valence-corrected chi connectivity index (χ2v) is 6.16. The van der Waals surface area contributed by atoms with Crippen molar-refractivity contribution in [3.63, 3.8) is 0 Å². The van der Waals surface area contributed by atoms with Crippen LogP contribution in [-0.4, -0.2) is 30.0 Å². The predicted molar refractivity (Wildman–Crippen MR) is 66.7 cm³/mol. The lowest BCUT2D eigenvalue weighted by Crippen LogP contribution is -2.38. The molecule has 2 rings (SSSR count). The first-order chi connectivity index (χ1) is 7.75. The number of rotatable bonds is 3. The maximum absolute atomic E-state index is 11.7. The lowest BCUT2D eigenvalue weighted by Gasteiger charge is -2.25. The number of amides is 1. The van der Waals surface area contributed by atoms with Crippen molar-refractivity contribution in [2.75, 3.05) is 13.2 Å². The first-order valence-electron chi connectivity index (χ1n) is 6.29. The van der Waals surface area contributed by atoms with Crippen LogP contribution in [-0.2, 0) is 9.53 Å². The molecule has 2 aliphatic rings. The van der Waals surface area contributed by atoms with Crippen LogP contribution in [0.3, 0.4) is 0 Å². The summed E-state index contributed by atoms with van der Waals surface area (Å²) in [6.45, 7) is 1.57. The highest BCUT2D eigenvalue weighted by Gasteiger charge is 2.25. The molecule has 0 spiro atoms. The maximum atomic E-state index is 11.7. The van der Waals surface area contributed by atoms with Gasteiger partial charge in [0.2, 0.25) is 5.91 Å². The van der Waals surface area contributed by atoms with Crippen molar-refractivity contribution >= 4 is 21.8 Å². The summed E-state index contributed by atoms with van der Waals surface area (Å²) in [5.74, 6) is 0.762. The number of hydrogen-bond acceptors (Lipinski definition) is 2. The van der Waals surface area contributed by atoms with Gasteiger partial charge < -0.3 is 10.1 Å². The maximum Gasteiger partial charge on any atom is 0.249 e.